The lowest BCUT2D eigenvalue weighted by Crippen LogP contribution is -2.28. The van der Waals surface area contributed by atoms with Crippen LogP contribution in [0, 0.1) is 0 Å². The molecule has 0 spiro atoms. The number of rotatable bonds is 5. The Hall–Kier alpha value is -3.43. The molecule has 10 heteroatoms. The number of hydrogen-bond acceptors (Lipinski definition) is 7. The number of benzene rings is 1. The topological polar surface area (TPSA) is 59.6 Å². The molecule has 0 amide bonds. The number of hydrogen-bond donors (Lipinski definition) is 2. The molecule has 1 unspecified atom stereocenters. The van der Waals surface area contributed by atoms with Crippen molar-refractivity contribution < 1.29 is 13.2 Å². The molecule has 0 saturated carbocycles. The summed E-state index contributed by atoms with van der Waals surface area (Å²) in [5, 5.41) is 6.47. The standard InChI is InChI=1S/C21H24F3N7/c1-14(27-20-25-8-7-19(28-20)31-10-9-29(3)15(31)2)18-12-30(13-26-18)17-6-4-5-16(11-17)21(22,23)24/h4-8,11-12,14,26H,2,9-10,13H2,1,3H3,(H,25,27,28). The van der Waals surface area contributed by atoms with Crippen LogP contribution in [0.1, 0.15) is 12.5 Å². The third-order valence-electron chi connectivity index (χ3n) is 5.39. The fourth-order valence-corrected chi connectivity index (χ4v) is 3.53. The smallest absolute Gasteiger partial charge is 0.368 e. The highest BCUT2D eigenvalue weighted by molar-refractivity contribution is 5.54. The Morgan fingerprint density at radius 1 is 1.23 bits per heavy atom. The molecular formula is C21H24F3N7. The Kier molecular flexibility index (Phi) is 5.38. The van der Waals surface area contributed by atoms with Crippen LogP contribution >= 0.6 is 0 Å². The van der Waals surface area contributed by atoms with Crippen molar-refractivity contribution in [1.82, 2.24) is 20.2 Å². The molecule has 1 fully saturated rings. The van der Waals surface area contributed by atoms with Gasteiger partial charge in [0.15, 0.2) is 0 Å². The van der Waals surface area contributed by atoms with Crippen LogP contribution in [-0.2, 0) is 6.18 Å². The number of alkyl halides is 3. The van der Waals surface area contributed by atoms with Crippen molar-refractivity contribution in [3.8, 4) is 0 Å². The summed E-state index contributed by atoms with van der Waals surface area (Å²) in [6.45, 7) is 8.08. The first-order chi connectivity index (χ1) is 14.7. The van der Waals surface area contributed by atoms with E-state index in [9.17, 15) is 13.2 Å². The monoisotopic (exact) mass is 431 g/mol. The number of likely N-dealkylation sites (N-methyl/N-ethyl adjacent to an activating group) is 1. The minimum absolute atomic E-state index is 0.171. The zero-order valence-corrected chi connectivity index (χ0v) is 17.3. The maximum Gasteiger partial charge on any atom is 0.416 e. The number of anilines is 3. The predicted molar refractivity (Wildman–Crippen MR) is 114 cm³/mol. The maximum absolute atomic E-state index is 13.0. The number of halogens is 3. The van der Waals surface area contributed by atoms with Crippen molar-refractivity contribution in [1.29, 1.82) is 0 Å². The Morgan fingerprint density at radius 3 is 2.74 bits per heavy atom. The van der Waals surface area contributed by atoms with Crippen molar-refractivity contribution in [2.45, 2.75) is 19.1 Å². The van der Waals surface area contributed by atoms with Crippen molar-refractivity contribution in [3.05, 3.63) is 66.4 Å². The number of nitrogens with one attached hydrogen (secondary N) is 2. The van der Waals surface area contributed by atoms with Crippen LogP contribution in [0.25, 0.3) is 0 Å². The van der Waals surface area contributed by atoms with E-state index in [4.69, 9.17) is 0 Å². The minimum Gasteiger partial charge on any atom is -0.368 e. The van der Waals surface area contributed by atoms with E-state index in [1.54, 1.807) is 23.4 Å². The summed E-state index contributed by atoms with van der Waals surface area (Å²) < 4.78 is 39.0. The van der Waals surface area contributed by atoms with Gasteiger partial charge in [-0.15, -0.1) is 0 Å². The lowest BCUT2D eigenvalue weighted by molar-refractivity contribution is -0.137. The summed E-state index contributed by atoms with van der Waals surface area (Å²) in [6.07, 6.45) is -0.884. The van der Waals surface area contributed by atoms with E-state index in [1.165, 1.54) is 6.07 Å². The van der Waals surface area contributed by atoms with Gasteiger partial charge in [0.1, 0.15) is 11.6 Å². The van der Waals surface area contributed by atoms with Gasteiger partial charge in [0.2, 0.25) is 5.95 Å². The lowest BCUT2D eigenvalue weighted by atomic mass is 10.2. The van der Waals surface area contributed by atoms with Gasteiger partial charge in [-0.3, -0.25) is 0 Å². The van der Waals surface area contributed by atoms with E-state index in [0.29, 0.717) is 18.3 Å². The SMILES string of the molecule is C=C1N(C)CCN1c1ccnc(NC(C)C2=CN(c3cccc(C(F)(F)F)c3)CN2)n1. The highest BCUT2D eigenvalue weighted by atomic mass is 19.4. The van der Waals surface area contributed by atoms with Gasteiger partial charge in [-0.05, 0) is 31.2 Å². The van der Waals surface area contributed by atoms with Crippen LogP contribution in [0.2, 0.25) is 0 Å². The van der Waals surface area contributed by atoms with Gasteiger partial charge >= 0.3 is 6.18 Å². The Bertz CT molecular complexity index is 1000. The van der Waals surface area contributed by atoms with Crippen LogP contribution in [0.5, 0.6) is 0 Å². The van der Waals surface area contributed by atoms with Crippen molar-refractivity contribution >= 4 is 17.5 Å². The van der Waals surface area contributed by atoms with E-state index >= 15 is 0 Å². The number of nitrogens with zero attached hydrogens (tertiary/aromatic N) is 5. The Morgan fingerprint density at radius 2 is 2.03 bits per heavy atom. The highest BCUT2D eigenvalue weighted by Gasteiger charge is 2.31. The molecule has 164 valence electrons. The summed E-state index contributed by atoms with van der Waals surface area (Å²) >= 11 is 0. The first-order valence-electron chi connectivity index (χ1n) is 9.89. The van der Waals surface area contributed by atoms with Gasteiger partial charge in [0, 0.05) is 38.2 Å². The Balaban J connectivity index is 1.46. The van der Waals surface area contributed by atoms with E-state index < -0.39 is 11.7 Å². The molecule has 1 atom stereocenters. The maximum atomic E-state index is 13.0. The van der Waals surface area contributed by atoms with Gasteiger partial charge in [0.05, 0.1) is 24.0 Å². The molecular weight excluding hydrogens is 407 g/mol. The van der Waals surface area contributed by atoms with Crippen LogP contribution in [0.4, 0.5) is 30.6 Å². The van der Waals surface area contributed by atoms with E-state index in [2.05, 4.69) is 32.1 Å². The molecule has 1 aromatic heterocycles. The normalized spacial score (nSPS) is 17.6. The van der Waals surface area contributed by atoms with E-state index in [0.717, 1.165) is 42.6 Å². The Labute approximate surface area is 178 Å². The highest BCUT2D eigenvalue weighted by Crippen LogP contribution is 2.32. The van der Waals surface area contributed by atoms with Crippen LogP contribution in [0.15, 0.2) is 60.8 Å². The average molecular weight is 431 g/mol. The molecule has 2 aliphatic rings. The third-order valence-corrected chi connectivity index (χ3v) is 5.39. The van der Waals surface area contributed by atoms with Gasteiger partial charge in [-0.25, -0.2) is 4.98 Å². The van der Waals surface area contributed by atoms with Crippen LogP contribution < -0.4 is 20.4 Å². The molecule has 2 aromatic rings. The molecule has 0 bridgehead atoms. The molecule has 3 heterocycles. The van der Waals surface area contributed by atoms with Crippen LogP contribution in [-0.4, -0.2) is 47.7 Å². The van der Waals surface area contributed by atoms with Crippen molar-refractivity contribution in [2.75, 3.05) is 41.9 Å². The third kappa shape index (κ3) is 4.37. The first kappa shape index (κ1) is 20.8. The second-order valence-electron chi connectivity index (χ2n) is 7.53. The van der Waals surface area contributed by atoms with Crippen LogP contribution in [0.3, 0.4) is 0 Å². The largest absolute Gasteiger partial charge is 0.416 e. The van der Waals surface area contributed by atoms with Crippen molar-refractivity contribution in [3.63, 3.8) is 0 Å². The molecule has 0 radical (unpaired) electrons. The summed E-state index contributed by atoms with van der Waals surface area (Å²) in [6, 6.07) is 6.94. The first-order valence-corrected chi connectivity index (χ1v) is 9.89. The zero-order valence-electron chi connectivity index (χ0n) is 17.3. The molecule has 31 heavy (non-hydrogen) atoms. The predicted octanol–water partition coefficient (Wildman–Crippen LogP) is 3.43. The molecule has 1 saturated heterocycles. The molecule has 1 aromatic carbocycles. The summed E-state index contributed by atoms with van der Waals surface area (Å²) in [5.74, 6) is 2.11. The fraction of sp³-hybridized carbons (Fsp3) is 0.333. The van der Waals surface area contributed by atoms with E-state index in [-0.39, 0.29) is 6.04 Å². The fourth-order valence-electron chi connectivity index (χ4n) is 3.53. The zero-order chi connectivity index (χ0) is 22.2. The summed E-state index contributed by atoms with van der Waals surface area (Å²) in [4.78, 5) is 14.7. The van der Waals surface area contributed by atoms with Crippen molar-refractivity contribution in [2.24, 2.45) is 0 Å². The second-order valence-corrected chi connectivity index (χ2v) is 7.53. The molecule has 2 aliphatic heterocycles. The van der Waals surface area contributed by atoms with Gasteiger partial charge in [-0.2, -0.15) is 18.2 Å². The molecule has 7 nitrogen and oxygen atoms in total. The van der Waals surface area contributed by atoms with Gasteiger partial charge in [-0.1, -0.05) is 12.6 Å². The second kappa shape index (κ2) is 8.01. The quantitative estimate of drug-likeness (QED) is 0.752. The minimum atomic E-state index is -4.37. The van der Waals surface area contributed by atoms with E-state index in [1.807, 2.05) is 24.9 Å². The summed E-state index contributed by atoms with van der Waals surface area (Å²) in [7, 11) is 1.99. The summed E-state index contributed by atoms with van der Waals surface area (Å²) in [5.41, 5.74) is 0.633. The molecule has 0 aliphatic carbocycles. The number of aromatic nitrogens is 2. The average Bonchev–Trinajstić information content (AvgIpc) is 3.36. The molecule has 2 N–H and O–H groups in total. The van der Waals surface area contributed by atoms with Gasteiger partial charge < -0.3 is 25.3 Å². The lowest BCUT2D eigenvalue weighted by Gasteiger charge is -2.21. The molecule has 4 rings (SSSR count). The van der Waals surface area contributed by atoms with Gasteiger partial charge in [0.25, 0.3) is 0 Å².